The van der Waals surface area contributed by atoms with Crippen LogP contribution in [0.1, 0.15) is 18.9 Å². The Hall–Kier alpha value is -1.35. The SMILES string of the molecule is CCCc1ccc(-c2csc(N)n2)cc1. The van der Waals surface area contributed by atoms with E-state index in [4.69, 9.17) is 5.73 Å². The van der Waals surface area contributed by atoms with Crippen LogP contribution in [0.4, 0.5) is 5.13 Å². The predicted octanol–water partition coefficient (Wildman–Crippen LogP) is 3.34. The molecule has 0 unspecified atom stereocenters. The Morgan fingerprint density at radius 1 is 1.27 bits per heavy atom. The Kier molecular flexibility index (Phi) is 3.02. The standard InChI is InChI=1S/C12H14N2S/c1-2-3-9-4-6-10(7-5-9)11-8-15-12(13)14-11/h4-8H,2-3H2,1H3,(H2,13,14). The summed E-state index contributed by atoms with van der Waals surface area (Å²) in [7, 11) is 0. The molecule has 0 bridgehead atoms. The van der Waals surface area contributed by atoms with Crippen LogP contribution in [-0.4, -0.2) is 4.98 Å². The zero-order valence-corrected chi connectivity index (χ0v) is 9.55. The fourth-order valence-electron chi connectivity index (χ4n) is 1.55. The van der Waals surface area contributed by atoms with Crippen molar-refractivity contribution in [3.63, 3.8) is 0 Å². The molecule has 0 saturated carbocycles. The molecule has 0 radical (unpaired) electrons. The molecule has 0 aliphatic carbocycles. The summed E-state index contributed by atoms with van der Waals surface area (Å²) in [5.41, 5.74) is 9.09. The average molecular weight is 218 g/mol. The molecular weight excluding hydrogens is 204 g/mol. The minimum atomic E-state index is 0.627. The van der Waals surface area contributed by atoms with Crippen LogP contribution in [0.3, 0.4) is 0 Å². The normalized spacial score (nSPS) is 10.5. The number of nitrogen functional groups attached to an aromatic ring is 1. The lowest BCUT2D eigenvalue weighted by Gasteiger charge is -2.00. The molecule has 1 aromatic heterocycles. The van der Waals surface area contributed by atoms with Gasteiger partial charge >= 0.3 is 0 Å². The van der Waals surface area contributed by atoms with Crippen LogP contribution in [0.25, 0.3) is 11.3 Å². The minimum Gasteiger partial charge on any atom is -0.375 e. The molecule has 15 heavy (non-hydrogen) atoms. The van der Waals surface area contributed by atoms with Crippen molar-refractivity contribution in [1.29, 1.82) is 0 Å². The summed E-state index contributed by atoms with van der Waals surface area (Å²) in [6, 6.07) is 8.54. The molecular formula is C12H14N2S. The highest BCUT2D eigenvalue weighted by Gasteiger charge is 2.01. The monoisotopic (exact) mass is 218 g/mol. The first-order chi connectivity index (χ1) is 7.29. The van der Waals surface area contributed by atoms with Crippen molar-refractivity contribution in [3.05, 3.63) is 35.2 Å². The lowest BCUT2D eigenvalue weighted by molar-refractivity contribution is 0.922. The second-order valence-electron chi connectivity index (χ2n) is 3.52. The Morgan fingerprint density at radius 3 is 2.53 bits per heavy atom. The first-order valence-electron chi connectivity index (χ1n) is 5.10. The van der Waals surface area contributed by atoms with E-state index >= 15 is 0 Å². The van der Waals surface area contributed by atoms with Crippen molar-refractivity contribution in [1.82, 2.24) is 4.98 Å². The fraction of sp³-hybridized carbons (Fsp3) is 0.250. The highest BCUT2D eigenvalue weighted by molar-refractivity contribution is 7.13. The molecule has 0 spiro atoms. The maximum Gasteiger partial charge on any atom is 0.180 e. The third kappa shape index (κ3) is 2.36. The molecule has 2 aromatic rings. The van der Waals surface area contributed by atoms with Gasteiger partial charge in [0.2, 0.25) is 0 Å². The van der Waals surface area contributed by atoms with E-state index in [1.54, 1.807) is 0 Å². The van der Waals surface area contributed by atoms with E-state index in [0.29, 0.717) is 5.13 Å². The van der Waals surface area contributed by atoms with E-state index in [-0.39, 0.29) is 0 Å². The third-order valence-electron chi connectivity index (χ3n) is 2.31. The van der Waals surface area contributed by atoms with Gasteiger partial charge < -0.3 is 5.73 Å². The summed E-state index contributed by atoms with van der Waals surface area (Å²) >= 11 is 1.48. The van der Waals surface area contributed by atoms with Crippen LogP contribution in [0.15, 0.2) is 29.6 Å². The molecule has 1 aromatic carbocycles. The Morgan fingerprint density at radius 2 is 2.00 bits per heavy atom. The van der Waals surface area contributed by atoms with Crippen molar-refractivity contribution >= 4 is 16.5 Å². The second kappa shape index (κ2) is 4.45. The van der Waals surface area contributed by atoms with Gasteiger partial charge in [-0.15, -0.1) is 11.3 Å². The molecule has 2 N–H and O–H groups in total. The number of anilines is 1. The van der Waals surface area contributed by atoms with E-state index in [0.717, 1.165) is 17.7 Å². The van der Waals surface area contributed by atoms with Crippen LogP contribution in [0, 0.1) is 0 Å². The van der Waals surface area contributed by atoms with Gasteiger partial charge in [0.25, 0.3) is 0 Å². The van der Waals surface area contributed by atoms with Crippen LogP contribution >= 0.6 is 11.3 Å². The molecule has 78 valence electrons. The van der Waals surface area contributed by atoms with Crippen LogP contribution in [0.5, 0.6) is 0 Å². The molecule has 2 nitrogen and oxygen atoms in total. The molecule has 0 aliphatic rings. The van der Waals surface area contributed by atoms with Gasteiger partial charge in [0.1, 0.15) is 0 Å². The summed E-state index contributed by atoms with van der Waals surface area (Å²) in [5, 5.41) is 2.62. The highest BCUT2D eigenvalue weighted by Crippen LogP contribution is 2.23. The van der Waals surface area contributed by atoms with E-state index in [2.05, 4.69) is 36.2 Å². The van der Waals surface area contributed by atoms with Crippen molar-refractivity contribution in [2.24, 2.45) is 0 Å². The van der Waals surface area contributed by atoms with Gasteiger partial charge in [0, 0.05) is 10.9 Å². The number of nitrogens with zero attached hydrogens (tertiary/aromatic N) is 1. The molecule has 0 aliphatic heterocycles. The van der Waals surface area contributed by atoms with Gasteiger partial charge in [-0.2, -0.15) is 0 Å². The Labute approximate surface area is 93.8 Å². The van der Waals surface area contributed by atoms with Gasteiger partial charge in [0.05, 0.1) is 5.69 Å². The summed E-state index contributed by atoms with van der Waals surface area (Å²) < 4.78 is 0. The average Bonchev–Trinajstić information content (AvgIpc) is 2.67. The molecule has 3 heteroatoms. The number of rotatable bonds is 3. The molecule has 0 saturated heterocycles. The van der Waals surface area contributed by atoms with E-state index < -0.39 is 0 Å². The fourth-order valence-corrected chi connectivity index (χ4v) is 2.12. The first kappa shape index (κ1) is 10.2. The van der Waals surface area contributed by atoms with Gasteiger partial charge in [-0.3, -0.25) is 0 Å². The van der Waals surface area contributed by atoms with Crippen LogP contribution in [0.2, 0.25) is 0 Å². The van der Waals surface area contributed by atoms with Gasteiger partial charge in [-0.05, 0) is 12.0 Å². The predicted molar refractivity (Wildman–Crippen MR) is 66.0 cm³/mol. The lowest BCUT2D eigenvalue weighted by Crippen LogP contribution is -1.85. The summed E-state index contributed by atoms with van der Waals surface area (Å²) in [5.74, 6) is 0. The van der Waals surface area contributed by atoms with Crippen molar-refractivity contribution < 1.29 is 0 Å². The van der Waals surface area contributed by atoms with Crippen molar-refractivity contribution in [2.75, 3.05) is 5.73 Å². The van der Waals surface area contributed by atoms with E-state index in [1.807, 2.05) is 5.38 Å². The Bertz CT molecular complexity index is 431. The number of hydrogen-bond donors (Lipinski definition) is 1. The quantitative estimate of drug-likeness (QED) is 0.858. The Balaban J connectivity index is 2.23. The highest BCUT2D eigenvalue weighted by atomic mass is 32.1. The molecule has 2 rings (SSSR count). The lowest BCUT2D eigenvalue weighted by atomic mass is 10.1. The topological polar surface area (TPSA) is 38.9 Å². The number of aromatic nitrogens is 1. The molecule has 0 fully saturated rings. The van der Waals surface area contributed by atoms with Crippen molar-refractivity contribution in [3.8, 4) is 11.3 Å². The number of aryl methyl sites for hydroxylation is 1. The zero-order valence-electron chi connectivity index (χ0n) is 8.73. The third-order valence-corrected chi connectivity index (χ3v) is 2.98. The largest absolute Gasteiger partial charge is 0.375 e. The number of thiazole rings is 1. The molecule has 1 heterocycles. The van der Waals surface area contributed by atoms with Crippen LogP contribution < -0.4 is 5.73 Å². The van der Waals surface area contributed by atoms with E-state index in [1.165, 1.54) is 23.3 Å². The summed E-state index contributed by atoms with van der Waals surface area (Å²) in [6.07, 6.45) is 2.32. The number of nitrogens with two attached hydrogens (primary N) is 1. The molecule has 0 atom stereocenters. The number of benzene rings is 1. The van der Waals surface area contributed by atoms with Crippen LogP contribution in [-0.2, 0) is 6.42 Å². The van der Waals surface area contributed by atoms with Gasteiger partial charge in [0.15, 0.2) is 5.13 Å². The molecule has 0 amide bonds. The number of hydrogen-bond acceptors (Lipinski definition) is 3. The summed E-state index contributed by atoms with van der Waals surface area (Å²) in [6.45, 7) is 2.19. The summed E-state index contributed by atoms with van der Waals surface area (Å²) in [4.78, 5) is 4.25. The van der Waals surface area contributed by atoms with Gasteiger partial charge in [-0.1, -0.05) is 37.6 Å². The van der Waals surface area contributed by atoms with Gasteiger partial charge in [-0.25, -0.2) is 4.98 Å². The smallest absolute Gasteiger partial charge is 0.180 e. The van der Waals surface area contributed by atoms with Crippen molar-refractivity contribution in [2.45, 2.75) is 19.8 Å². The maximum atomic E-state index is 5.60. The maximum absolute atomic E-state index is 5.60. The first-order valence-corrected chi connectivity index (χ1v) is 5.98. The zero-order chi connectivity index (χ0) is 10.7. The van der Waals surface area contributed by atoms with E-state index in [9.17, 15) is 0 Å². The second-order valence-corrected chi connectivity index (χ2v) is 4.41. The minimum absolute atomic E-state index is 0.627.